The van der Waals surface area contributed by atoms with Crippen molar-refractivity contribution in [2.45, 2.75) is 26.5 Å². The lowest BCUT2D eigenvalue weighted by atomic mass is 10.4. The number of nitrogens with one attached hydrogen (secondary N) is 1. The van der Waals surface area contributed by atoms with Crippen molar-refractivity contribution in [3.8, 4) is 0 Å². The summed E-state index contributed by atoms with van der Waals surface area (Å²) in [5, 5.41) is 3.21. The summed E-state index contributed by atoms with van der Waals surface area (Å²) in [6.07, 6.45) is 0.919. The van der Waals surface area contributed by atoms with E-state index in [2.05, 4.69) is 12.2 Å². The van der Waals surface area contributed by atoms with E-state index >= 15 is 0 Å². The lowest BCUT2D eigenvalue weighted by molar-refractivity contribution is 0.0284. The van der Waals surface area contributed by atoms with Crippen LogP contribution >= 0.6 is 0 Å². The maximum absolute atomic E-state index is 5.60. The van der Waals surface area contributed by atoms with Crippen LogP contribution in [0.1, 0.15) is 24.9 Å². The van der Waals surface area contributed by atoms with Gasteiger partial charge in [-0.3, -0.25) is 0 Å². The second kappa shape index (κ2) is 11.0. The predicted octanol–water partition coefficient (Wildman–Crippen LogP) is 1.96. The van der Waals surface area contributed by atoms with Crippen LogP contribution in [0.25, 0.3) is 0 Å². The van der Waals surface area contributed by atoms with Crippen molar-refractivity contribution in [3.05, 3.63) is 23.7 Å². The SMILES string of the molecule is CCNCc1ccc(COCCOCCCOC)o1. The summed E-state index contributed by atoms with van der Waals surface area (Å²) >= 11 is 0. The van der Waals surface area contributed by atoms with Gasteiger partial charge in [0.15, 0.2) is 0 Å². The van der Waals surface area contributed by atoms with Gasteiger partial charge in [0.1, 0.15) is 18.1 Å². The van der Waals surface area contributed by atoms with Crippen LogP contribution in [0.4, 0.5) is 0 Å². The van der Waals surface area contributed by atoms with Crippen LogP contribution in [0.3, 0.4) is 0 Å². The molecule has 0 saturated carbocycles. The maximum Gasteiger partial charge on any atom is 0.129 e. The molecule has 0 bridgehead atoms. The third-order valence-corrected chi connectivity index (χ3v) is 2.52. The highest BCUT2D eigenvalue weighted by molar-refractivity contribution is 5.06. The molecule has 0 amide bonds. The van der Waals surface area contributed by atoms with Crippen LogP contribution in [0.2, 0.25) is 0 Å². The highest BCUT2D eigenvalue weighted by atomic mass is 16.5. The van der Waals surface area contributed by atoms with E-state index in [9.17, 15) is 0 Å². The van der Waals surface area contributed by atoms with Gasteiger partial charge >= 0.3 is 0 Å². The molecular formula is C14H25NO4. The first kappa shape index (κ1) is 16.2. The second-order valence-electron chi connectivity index (χ2n) is 4.16. The lowest BCUT2D eigenvalue weighted by Crippen LogP contribution is -2.10. The van der Waals surface area contributed by atoms with E-state index < -0.39 is 0 Å². The van der Waals surface area contributed by atoms with E-state index in [1.54, 1.807) is 7.11 Å². The van der Waals surface area contributed by atoms with Crippen LogP contribution in [0.15, 0.2) is 16.5 Å². The van der Waals surface area contributed by atoms with E-state index in [1.807, 2.05) is 12.1 Å². The number of furan rings is 1. The summed E-state index contributed by atoms with van der Waals surface area (Å²) in [6.45, 7) is 6.90. The van der Waals surface area contributed by atoms with Crippen LogP contribution in [0.5, 0.6) is 0 Å². The summed E-state index contributed by atoms with van der Waals surface area (Å²) in [5.74, 6) is 1.79. The Kier molecular flexibility index (Phi) is 9.36. The van der Waals surface area contributed by atoms with Gasteiger partial charge in [0, 0.05) is 20.3 Å². The molecule has 1 aromatic heterocycles. The Morgan fingerprint density at radius 1 is 1.05 bits per heavy atom. The average Bonchev–Trinajstić information content (AvgIpc) is 2.87. The molecule has 0 radical (unpaired) electrons. The van der Waals surface area contributed by atoms with Gasteiger partial charge in [0.2, 0.25) is 0 Å². The van der Waals surface area contributed by atoms with Gasteiger partial charge in [-0.1, -0.05) is 6.92 Å². The molecule has 0 unspecified atom stereocenters. The van der Waals surface area contributed by atoms with Crippen LogP contribution in [0, 0.1) is 0 Å². The molecule has 1 N–H and O–H groups in total. The van der Waals surface area contributed by atoms with Gasteiger partial charge in [-0.05, 0) is 25.1 Å². The van der Waals surface area contributed by atoms with Gasteiger partial charge in [-0.25, -0.2) is 0 Å². The number of methoxy groups -OCH3 is 1. The Labute approximate surface area is 115 Å². The lowest BCUT2D eigenvalue weighted by Gasteiger charge is -2.04. The molecule has 0 atom stereocenters. The van der Waals surface area contributed by atoms with Crippen molar-refractivity contribution in [2.24, 2.45) is 0 Å². The number of ether oxygens (including phenoxy) is 3. The molecule has 0 aliphatic heterocycles. The first-order valence-corrected chi connectivity index (χ1v) is 6.79. The summed E-state index contributed by atoms with van der Waals surface area (Å²) in [7, 11) is 1.69. The smallest absolute Gasteiger partial charge is 0.129 e. The van der Waals surface area contributed by atoms with Crippen molar-refractivity contribution < 1.29 is 18.6 Å². The zero-order chi connectivity index (χ0) is 13.8. The topological polar surface area (TPSA) is 52.9 Å². The van der Waals surface area contributed by atoms with E-state index in [0.29, 0.717) is 26.4 Å². The van der Waals surface area contributed by atoms with Crippen LogP contribution in [-0.4, -0.2) is 40.1 Å². The van der Waals surface area contributed by atoms with Gasteiger partial charge in [-0.2, -0.15) is 0 Å². The Hall–Kier alpha value is -0.880. The summed E-state index contributed by atoms with van der Waals surface area (Å²) in [5.41, 5.74) is 0. The molecule has 0 saturated heterocycles. The van der Waals surface area contributed by atoms with Crippen molar-refractivity contribution in [2.75, 3.05) is 40.1 Å². The molecule has 0 aliphatic carbocycles. The van der Waals surface area contributed by atoms with E-state index in [-0.39, 0.29) is 0 Å². The summed E-state index contributed by atoms with van der Waals surface area (Å²) in [6, 6.07) is 3.93. The number of hydrogen-bond acceptors (Lipinski definition) is 5. The van der Waals surface area contributed by atoms with Gasteiger partial charge < -0.3 is 23.9 Å². The summed E-state index contributed by atoms with van der Waals surface area (Å²) < 4.78 is 21.4. The first-order chi connectivity index (χ1) is 9.36. The fourth-order valence-corrected chi connectivity index (χ4v) is 1.54. The largest absolute Gasteiger partial charge is 0.462 e. The van der Waals surface area contributed by atoms with E-state index in [4.69, 9.17) is 18.6 Å². The molecule has 19 heavy (non-hydrogen) atoms. The van der Waals surface area contributed by atoms with Crippen molar-refractivity contribution in [1.29, 1.82) is 0 Å². The van der Waals surface area contributed by atoms with Crippen LogP contribution < -0.4 is 5.32 Å². The molecule has 1 aromatic rings. The zero-order valence-electron chi connectivity index (χ0n) is 11.9. The van der Waals surface area contributed by atoms with Crippen molar-refractivity contribution >= 4 is 0 Å². The monoisotopic (exact) mass is 271 g/mol. The first-order valence-electron chi connectivity index (χ1n) is 6.79. The van der Waals surface area contributed by atoms with Crippen molar-refractivity contribution in [1.82, 2.24) is 5.32 Å². The average molecular weight is 271 g/mol. The molecule has 1 rings (SSSR count). The van der Waals surface area contributed by atoms with E-state index in [0.717, 1.165) is 37.6 Å². The Bertz CT molecular complexity index is 314. The minimum Gasteiger partial charge on any atom is -0.462 e. The normalized spacial score (nSPS) is 11.1. The van der Waals surface area contributed by atoms with Gasteiger partial charge in [0.25, 0.3) is 0 Å². The molecule has 110 valence electrons. The number of hydrogen-bond donors (Lipinski definition) is 1. The molecular weight excluding hydrogens is 246 g/mol. The Morgan fingerprint density at radius 3 is 2.63 bits per heavy atom. The highest BCUT2D eigenvalue weighted by Gasteiger charge is 2.01. The van der Waals surface area contributed by atoms with Crippen LogP contribution in [-0.2, 0) is 27.4 Å². The molecule has 1 heterocycles. The highest BCUT2D eigenvalue weighted by Crippen LogP contribution is 2.08. The van der Waals surface area contributed by atoms with Gasteiger partial charge in [-0.15, -0.1) is 0 Å². The second-order valence-corrected chi connectivity index (χ2v) is 4.16. The third kappa shape index (κ3) is 8.00. The fourth-order valence-electron chi connectivity index (χ4n) is 1.54. The Balaban J connectivity index is 1.98. The maximum atomic E-state index is 5.60. The minimum absolute atomic E-state index is 0.494. The molecule has 0 aliphatic rings. The standard InChI is InChI=1S/C14H25NO4/c1-3-15-11-13-5-6-14(19-13)12-18-10-9-17-8-4-7-16-2/h5-6,15H,3-4,7-12H2,1-2H3. The predicted molar refractivity (Wildman–Crippen MR) is 73.1 cm³/mol. The zero-order valence-corrected chi connectivity index (χ0v) is 11.9. The molecule has 0 spiro atoms. The van der Waals surface area contributed by atoms with E-state index in [1.165, 1.54) is 0 Å². The van der Waals surface area contributed by atoms with Crippen molar-refractivity contribution in [3.63, 3.8) is 0 Å². The molecule has 5 nitrogen and oxygen atoms in total. The minimum atomic E-state index is 0.494. The summed E-state index contributed by atoms with van der Waals surface area (Å²) in [4.78, 5) is 0. The fraction of sp³-hybridized carbons (Fsp3) is 0.714. The molecule has 0 aromatic carbocycles. The van der Waals surface area contributed by atoms with Gasteiger partial charge in [0.05, 0.1) is 19.8 Å². The molecule has 0 fully saturated rings. The third-order valence-electron chi connectivity index (χ3n) is 2.52. The molecule has 5 heteroatoms. The number of rotatable bonds is 12. The quantitative estimate of drug-likeness (QED) is 0.589. The Morgan fingerprint density at radius 2 is 1.84 bits per heavy atom.